The fourth-order valence-electron chi connectivity index (χ4n) is 1.23. The van der Waals surface area contributed by atoms with E-state index < -0.39 is 17.8 Å². The van der Waals surface area contributed by atoms with Crippen molar-refractivity contribution in [3.8, 4) is 0 Å². The number of urea groups is 1. The fraction of sp³-hybridized carbons (Fsp3) is 0.167. The summed E-state index contributed by atoms with van der Waals surface area (Å²) in [6.45, 7) is 5.20. The highest BCUT2D eigenvalue weighted by atomic mass is 19.1. The van der Waals surface area contributed by atoms with Gasteiger partial charge in [-0.25, -0.2) is 14.0 Å². The molecule has 1 atom stereocenters. The monoisotopic (exact) mass is 252 g/mol. The second-order valence-electron chi connectivity index (χ2n) is 3.62. The number of carbonyl (C=O) groups excluding carboxylic acids is 1. The maximum absolute atomic E-state index is 12.9. The number of halogens is 1. The van der Waals surface area contributed by atoms with Crippen LogP contribution in [0.3, 0.4) is 0 Å². The quantitative estimate of drug-likeness (QED) is 0.719. The van der Waals surface area contributed by atoms with Gasteiger partial charge in [-0.3, -0.25) is 0 Å². The summed E-state index contributed by atoms with van der Waals surface area (Å²) in [6, 6.07) is 2.25. The van der Waals surface area contributed by atoms with Gasteiger partial charge in [0.1, 0.15) is 5.82 Å². The van der Waals surface area contributed by atoms with Crippen molar-refractivity contribution in [1.82, 2.24) is 5.32 Å². The second kappa shape index (κ2) is 5.81. The van der Waals surface area contributed by atoms with Gasteiger partial charge in [0, 0.05) is 6.04 Å². The fourth-order valence-corrected chi connectivity index (χ4v) is 1.23. The third-order valence-electron chi connectivity index (χ3n) is 2.17. The van der Waals surface area contributed by atoms with E-state index in [-0.39, 0.29) is 17.3 Å². The van der Waals surface area contributed by atoms with Crippen molar-refractivity contribution in [2.45, 2.75) is 13.0 Å². The largest absolute Gasteiger partial charge is 0.478 e. The van der Waals surface area contributed by atoms with E-state index >= 15 is 0 Å². The van der Waals surface area contributed by atoms with Gasteiger partial charge < -0.3 is 15.7 Å². The molecule has 1 unspecified atom stereocenters. The van der Waals surface area contributed by atoms with Gasteiger partial charge in [-0.1, -0.05) is 6.08 Å². The molecule has 96 valence electrons. The summed E-state index contributed by atoms with van der Waals surface area (Å²) >= 11 is 0. The van der Waals surface area contributed by atoms with E-state index in [0.29, 0.717) is 0 Å². The minimum Gasteiger partial charge on any atom is -0.478 e. The maximum atomic E-state index is 12.9. The van der Waals surface area contributed by atoms with Gasteiger partial charge in [-0.05, 0) is 25.1 Å². The first-order valence-corrected chi connectivity index (χ1v) is 5.17. The van der Waals surface area contributed by atoms with Crippen LogP contribution in [-0.4, -0.2) is 23.1 Å². The van der Waals surface area contributed by atoms with Crippen LogP contribution in [0.5, 0.6) is 0 Å². The third-order valence-corrected chi connectivity index (χ3v) is 2.17. The number of nitrogens with one attached hydrogen (secondary N) is 2. The average molecular weight is 252 g/mol. The predicted octanol–water partition coefficient (Wildman–Crippen LogP) is 2.22. The smallest absolute Gasteiger partial charge is 0.337 e. The van der Waals surface area contributed by atoms with Crippen molar-refractivity contribution in [2.75, 3.05) is 5.32 Å². The molecule has 0 fully saturated rings. The lowest BCUT2D eigenvalue weighted by Crippen LogP contribution is -2.35. The van der Waals surface area contributed by atoms with E-state index in [2.05, 4.69) is 17.2 Å². The number of carboxylic acids is 1. The number of carboxylic acid groups (broad SMARTS) is 1. The van der Waals surface area contributed by atoms with Crippen LogP contribution >= 0.6 is 0 Å². The number of benzene rings is 1. The van der Waals surface area contributed by atoms with Crippen LogP contribution in [0.2, 0.25) is 0 Å². The number of hydrogen-bond acceptors (Lipinski definition) is 2. The Morgan fingerprint density at radius 3 is 2.72 bits per heavy atom. The van der Waals surface area contributed by atoms with E-state index in [4.69, 9.17) is 5.11 Å². The molecule has 0 aliphatic heterocycles. The number of rotatable bonds is 4. The summed E-state index contributed by atoms with van der Waals surface area (Å²) in [7, 11) is 0. The zero-order valence-corrected chi connectivity index (χ0v) is 9.74. The van der Waals surface area contributed by atoms with Crippen LogP contribution in [0.25, 0.3) is 0 Å². The lowest BCUT2D eigenvalue weighted by molar-refractivity contribution is 0.0697. The Bertz CT molecular complexity index is 488. The molecule has 1 aromatic carbocycles. The molecule has 0 spiro atoms. The molecule has 5 nitrogen and oxygen atoms in total. The molecule has 1 rings (SSSR count). The van der Waals surface area contributed by atoms with E-state index in [9.17, 15) is 14.0 Å². The minimum absolute atomic E-state index is 0.0256. The van der Waals surface area contributed by atoms with Gasteiger partial charge in [0.2, 0.25) is 0 Å². The van der Waals surface area contributed by atoms with Crippen molar-refractivity contribution < 1.29 is 19.1 Å². The molecule has 6 heteroatoms. The van der Waals surface area contributed by atoms with Gasteiger partial charge >= 0.3 is 12.0 Å². The molecule has 0 radical (unpaired) electrons. The first kappa shape index (κ1) is 13.7. The average Bonchev–Trinajstić information content (AvgIpc) is 2.30. The summed E-state index contributed by atoms with van der Waals surface area (Å²) in [5.74, 6) is -2.00. The molecular formula is C12H13FN2O3. The molecule has 0 heterocycles. The Hall–Kier alpha value is -2.37. The van der Waals surface area contributed by atoms with Gasteiger partial charge in [-0.2, -0.15) is 0 Å². The molecular weight excluding hydrogens is 239 g/mol. The Labute approximate surface area is 103 Å². The molecule has 1 aromatic rings. The van der Waals surface area contributed by atoms with Gasteiger partial charge in [0.05, 0.1) is 11.3 Å². The lowest BCUT2D eigenvalue weighted by atomic mass is 10.1. The van der Waals surface area contributed by atoms with Gasteiger partial charge in [-0.15, -0.1) is 6.58 Å². The first-order chi connectivity index (χ1) is 8.43. The number of carbonyl (C=O) groups is 2. The zero-order valence-electron chi connectivity index (χ0n) is 9.74. The van der Waals surface area contributed by atoms with Crippen molar-refractivity contribution in [3.05, 3.63) is 42.2 Å². The normalized spacial score (nSPS) is 11.4. The van der Waals surface area contributed by atoms with Crippen LogP contribution in [0.1, 0.15) is 17.3 Å². The van der Waals surface area contributed by atoms with Crippen molar-refractivity contribution in [1.29, 1.82) is 0 Å². The summed E-state index contributed by atoms with van der Waals surface area (Å²) in [6.07, 6.45) is 1.52. The summed E-state index contributed by atoms with van der Waals surface area (Å²) in [4.78, 5) is 22.4. The lowest BCUT2D eigenvalue weighted by Gasteiger charge is -2.12. The highest BCUT2D eigenvalue weighted by Crippen LogP contribution is 2.16. The van der Waals surface area contributed by atoms with Crippen molar-refractivity contribution in [2.24, 2.45) is 0 Å². The van der Waals surface area contributed by atoms with Crippen LogP contribution in [0, 0.1) is 5.82 Å². The van der Waals surface area contributed by atoms with Crippen LogP contribution in [0.4, 0.5) is 14.9 Å². The number of anilines is 1. The van der Waals surface area contributed by atoms with Crippen molar-refractivity contribution >= 4 is 17.7 Å². The highest BCUT2D eigenvalue weighted by molar-refractivity contribution is 6.00. The van der Waals surface area contributed by atoms with E-state index in [1.165, 1.54) is 12.1 Å². The number of hydrogen-bond donors (Lipinski definition) is 3. The van der Waals surface area contributed by atoms with Crippen molar-refractivity contribution in [3.63, 3.8) is 0 Å². The Kier molecular flexibility index (Phi) is 4.42. The standard InChI is InChI=1S/C12H13FN2O3/c1-3-7(2)14-12(18)15-10-5-4-8(13)6-9(10)11(16)17/h3-7H,1H2,2H3,(H,16,17)(H2,14,15,18). The Morgan fingerprint density at radius 2 is 2.17 bits per heavy atom. The van der Waals surface area contributed by atoms with E-state index in [1.54, 1.807) is 6.92 Å². The van der Waals surface area contributed by atoms with Gasteiger partial charge in [0.25, 0.3) is 0 Å². The van der Waals surface area contributed by atoms with Crippen LogP contribution < -0.4 is 10.6 Å². The summed E-state index contributed by atoms with van der Waals surface area (Å²) in [5, 5.41) is 13.7. The molecule has 0 aromatic heterocycles. The molecule has 0 saturated heterocycles. The molecule has 0 aliphatic rings. The topological polar surface area (TPSA) is 78.4 Å². The second-order valence-corrected chi connectivity index (χ2v) is 3.62. The van der Waals surface area contributed by atoms with Crippen LogP contribution in [-0.2, 0) is 0 Å². The SMILES string of the molecule is C=CC(C)NC(=O)Nc1ccc(F)cc1C(=O)O. The van der Waals surface area contributed by atoms with E-state index in [1.807, 2.05) is 0 Å². The summed E-state index contributed by atoms with van der Waals surface area (Å²) < 4.78 is 12.9. The third kappa shape index (κ3) is 3.58. The molecule has 0 saturated carbocycles. The highest BCUT2D eigenvalue weighted by Gasteiger charge is 2.13. The summed E-state index contributed by atoms with van der Waals surface area (Å²) in [5.41, 5.74) is -0.283. The molecule has 0 bridgehead atoms. The number of aromatic carboxylic acids is 1. The molecule has 2 amide bonds. The maximum Gasteiger partial charge on any atom is 0.337 e. The first-order valence-electron chi connectivity index (χ1n) is 5.17. The molecule has 0 aliphatic carbocycles. The van der Waals surface area contributed by atoms with Gasteiger partial charge in [0.15, 0.2) is 0 Å². The zero-order chi connectivity index (χ0) is 13.7. The molecule has 3 N–H and O–H groups in total. The predicted molar refractivity (Wildman–Crippen MR) is 65.2 cm³/mol. The van der Waals surface area contributed by atoms with E-state index in [0.717, 1.165) is 12.1 Å². The Morgan fingerprint density at radius 1 is 1.50 bits per heavy atom. The Balaban J connectivity index is 2.87. The minimum atomic E-state index is -1.32. The number of amides is 2. The van der Waals surface area contributed by atoms with Crippen LogP contribution in [0.15, 0.2) is 30.9 Å². The molecule has 18 heavy (non-hydrogen) atoms.